The van der Waals surface area contributed by atoms with E-state index >= 15 is 0 Å². The van der Waals surface area contributed by atoms with Crippen LogP contribution in [-0.4, -0.2) is 37.7 Å². The number of nitrogens with one attached hydrogen (secondary N) is 1. The molecule has 1 unspecified atom stereocenters. The third kappa shape index (κ3) is 5.77. The lowest BCUT2D eigenvalue weighted by atomic mass is 10.0. The Balaban J connectivity index is 1.58. The maximum absolute atomic E-state index is 5.13. The monoisotopic (exact) mass is 290 g/mol. The van der Waals surface area contributed by atoms with E-state index in [9.17, 15) is 0 Å². The summed E-state index contributed by atoms with van der Waals surface area (Å²) in [5, 5.41) is 3.55. The summed E-state index contributed by atoms with van der Waals surface area (Å²) in [6.45, 7) is 7.66. The summed E-state index contributed by atoms with van der Waals surface area (Å²) in [4.78, 5) is 2.64. The second-order valence-electron chi connectivity index (χ2n) is 6.16. The molecule has 0 aliphatic carbocycles. The van der Waals surface area contributed by atoms with Crippen LogP contribution in [0.3, 0.4) is 0 Å². The fraction of sp³-hybridized carbons (Fsp3) is 0.667. The molecule has 3 nitrogen and oxygen atoms in total. The van der Waals surface area contributed by atoms with Crippen LogP contribution in [-0.2, 0) is 17.9 Å². The number of hydrogen-bond donors (Lipinski definition) is 1. The van der Waals surface area contributed by atoms with Gasteiger partial charge in [-0.25, -0.2) is 0 Å². The first-order valence-electron chi connectivity index (χ1n) is 8.31. The van der Waals surface area contributed by atoms with Crippen molar-refractivity contribution in [2.75, 3.05) is 26.7 Å². The van der Waals surface area contributed by atoms with Gasteiger partial charge in [-0.1, -0.05) is 30.7 Å². The number of hydrogen-bond acceptors (Lipinski definition) is 3. The van der Waals surface area contributed by atoms with Crippen molar-refractivity contribution in [3.05, 3.63) is 35.4 Å². The smallest absolute Gasteiger partial charge is 0.0713 e. The van der Waals surface area contributed by atoms with Gasteiger partial charge < -0.3 is 15.0 Å². The number of ether oxygens (including phenoxy) is 1. The maximum Gasteiger partial charge on any atom is 0.0713 e. The SMILES string of the molecule is COCc1ccc(CNCCCN2CCCCC2C)cc1. The van der Waals surface area contributed by atoms with Crippen LogP contribution in [0.2, 0.25) is 0 Å². The van der Waals surface area contributed by atoms with Gasteiger partial charge in [0.05, 0.1) is 6.61 Å². The Bertz CT molecular complexity index is 391. The van der Waals surface area contributed by atoms with Gasteiger partial charge in [-0.05, 0) is 56.9 Å². The highest BCUT2D eigenvalue weighted by atomic mass is 16.5. The van der Waals surface area contributed by atoms with Crippen LogP contribution in [0.5, 0.6) is 0 Å². The lowest BCUT2D eigenvalue weighted by Gasteiger charge is -2.33. The van der Waals surface area contributed by atoms with Crippen molar-refractivity contribution >= 4 is 0 Å². The minimum absolute atomic E-state index is 0.696. The predicted octanol–water partition coefficient (Wildman–Crippen LogP) is 3.19. The van der Waals surface area contributed by atoms with Crippen LogP contribution in [0.1, 0.15) is 43.7 Å². The molecule has 1 aliphatic heterocycles. The molecular formula is C18H30N2O. The molecule has 0 spiro atoms. The number of piperidine rings is 1. The van der Waals surface area contributed by atoms with E-state index < -0.39 is 0 Å². The molecule has 1 aromatic rings. The van der Waals surface area contributed by atoms with Crippen LogP contribution in [0.15, 0.2) is 24.3 Å². The molecule has 1 aliphatic rings. The predicted molar refractivity (Wildman–Crippen MR) is 88.4 cm³/mol. The summed E-state index contributed by atoms with van der Waals surface area (Å²) in [5.41, 5.74) is 2.58. The number of methoxy groups -OCH3 is 1. The molecule has 1 atom stereocenters. The van der Waals surface area contributed by atoms with E-state index in [2.05, 4.69) is 41.4 Å². The number of likely N-dealkylation sites (tertiary alicyclic amines) is 1. The first-order chi connectivity index (χ1) is 10.3. The third-order valence-electron chi connectivity index (χ3n) is 4.40. The average molecular weight is 290 g/mol. The van der Waals surface area contributed by atoms with Gasteiger partial charge in [-0.2, -0.15) is 0 Å². The molecule has 1 saturated heterocycles. The molecule has 0 radical (unpaired) electrons. The van der Waals surface area contributed by atoms with Gasteiger partial charge in [-0.15, -0.1) is 0 Å². The minimum atomic E-state index is 0.696. The van der Waals surface area contributed by atoms with Crippen LogP contribution in [0.25, 0.3) is 0 Å². The highest BCUT2D eigenvalue weighted by Crippen LogP contribution is 2.16. The van der Waals surface area contributed by atoms with Crippen molar-refractivity contribution < 1.29 is 4.74 Å². The largest absolute Gasteiger partial charge is 0.380 e. The number of rotatable bonds is 8. The Morgan fingerprint density at radius 3 is 2.67 bits per heavy atom. The Morgan fingerprint density at radius 1 is 1.19 bits per heavy atom. The van der Waals surface area contributed by atoms with E-state index in [0.717, 1.165) is 19.1 Å². The molecule has 0 aromatic heterocycles. The summed E-state index contributed by atoms with van der Waals surface area (Å²) >= 11 is 0. The molecular weight excluding hydrogens is 260 g/mol. The van der Waals surface area contributed by atoms with Gasteiger partial charge in [0.25, 0.3) is 0 Å². The first kappa shape index (κ1) is 16.5. The van der Waals surface area contributed by atoms with Crippen LogP contribution >= 0.6 is 0 Å². The van der Waals surface area contributed by atoms with Crippen molar-refractivity contribution in [2.45, 2.75) is 51.8 Å². The fourth-order valence-corrected chi connectivity index (χ4v) is 3.05. The van der Waals surface area contributed by atoms with Crippen molar-refractivity contribution in [3.8, 4) is 0 Å². The Labute approximate surface area is 129 Å². The van der Waals surface area contributed by atoms with Gasteiger partial charge in [0.2, 0.25) is 0 Å². The number of nitrogens with zero attached hydrogens (tertiary/aromatic N) is 1. The second kappa shape index (κ2) is 9.19. The quantitative estimate of drug-likeness (QED) is 0.744. The number of benzene rings is 1. The topological polar surface area (TPSA) is 24.5 Å². The van der Waals surface area contributed by atoms with E-state index in [-0.39, 0.29) is 0 Å². The van der Waals surface area contributed by atoms with E-state index in [1.54, 1.807) is 7.11 Å². The minimum Gasteiger partial charge on any atom is -0.380 e. The average Bonchev–Trinajstić information content (AvgIpc) is 2.51. The molecule has 2 rings (SSSR count). The molecule has 1 N–H and O–H groups in total. The van der Waals surface area contributed by atoms with E-state index in [1.807, 2.05) is 0 Å². The van der Waals surface area contributed by atoms with E-state index in [4.69, 9.17) is 4.74 Å². The maximum atomic E-state index is 5.13. The summed E-state index contributed by atoms with van der Waals surface area (Å²) in [7, 11) is 1.73. The van der Waals surface area contributed by atoms with E-state index in [0.29, 0.717) is 6.61 Å². The highest BCUT2D eigenvalue weighted by Gasteiger charge is 2.16. The molecule has 0 saturated carbocycles. The second-order valence-corrected chi connectivity index (χ2v) is 6.16. The molecule has 21 heavy (non-hydrogen) atoms. The molecule has 118 valence electrons. The molecule has 1 aromatic carbocycles. The lowest BCUT2D eigenvalue weighted by molar-refractivity contribution is 0.159. The van der Waals surface area contributed by atoms with Crippen LogP contribution in [0.4, 0.5) is 0 Å². The standard InChI is InChI=1S/C18H30N2O/c1-16-6-3-4-12-20(16)13-5-11-19-14-17-7-9-18(10-8-17)15-21-2/h7-10,16,19H,3-6,11-15H2,1-2H3. The normalized spacial score (nSPS) is 19.8. The van der Waals surface area contributed by atoms with Gasteiger partial charge in [0.15, 0.2) is 0 Å². The molecule has 0 amide bonds. The molecule has 1 fully saturated rings. The Kier molecular flexibility index (Phi) is 7.20. The van der Waals surface area contributed by atoms with Crippen LogP contribution < -0.4 is 5.32 Å². The van der Waals surface area contributed by atoms with Gasteiger partial charge >= 0.3 is 0 Å². The zero-order valence-corrected chi connectivity index (χ0v) is 13.6. The molecule has 1 heterocycles. The van der Waals surface area contributed by atoms with Crippen molar-refractivity contribution in [3.63, 3.8) is 0 Å². The van der Waals surface area contributed by atoms with Crippen molar-refractivity contribution in [2.24, 2.45) is 0 Å². The molecule has 3 heteroatoms. The summed E-state index contributed by atoms with van der Waals surface area (Å²) in [5.74, 6) is 0. The fourth-order valence-electron chi connectivity index (χ4n) is 3.05. The molecule has 0 bridgehead atoms. The van der Waals surface area contributed by atoms with Crippen molar-refractivity contribution in [1.29, 1.82) is 0 Å². The zero-order valence-electron chi connectivity index (χ0n) is 13.6. The summed E-state index contributed by atoms with van der Waals surface area (Å²) in [6, 6.07) is 9.46. The third-order valence-corrected chi connectivity index (χ3v) is 4.40. The Morgan fingerprint density at radius 2 is 1.95 bits per heavy atom. The van der Waals surface area contributed by atoms with Gasteiger partial charge in [-0.3, -0.25) is 0 Å². The summed E-state index contributed by atoms with van der Waals surface area (Å²) < 4.78 is 5.13. The first-order valence-corrected chi connectivity index (χ1v) is 8.31. The van der Waals surface area contributed by atoms with Crippen LogP contribution in [0, 0.1) is 0 Å². The van der Waals surface area contributed by atoms with Gasteiger partial charge in [0, 0.05) is 19.7 Å². The van der Waals surface area contributed by atoms with E-state index in [1.165, 1.54) is 49.9 Å². The lowest BCUT2D eigenvalue weighted by Crippen LogP contribution is -2.38. The highest BCUT2D eigenvalue weighted by molar-refractivity contribution is 5.21. The zero-order chi connectivity index (χ0) is 14.9. The van der Waals surface area contributed by atoms with Gasteiger partial charge in [0.1, 0.15) is 0 Å². The Hall–Kier alpha value is -0.900. The van der Waals surface area contributed by atoms with Crippen molar-refractivity contribution in [1.82, 2.24) is 10.2 Å². The summed E-state index contributed by atoms with van der Waals surface area (Å²) in [6.07, 6.45) is 5.41.